The Morgan fingerprint density at radius 2 is 1.73 bits per heavy atom. The average molecular weight is 480 g/mol. The fourth-order valence-electron chi connectivity index (χ4n) is 2.55. The van der Waals surface area contributed by atoms with Gasteiger partial charge in [-0.1, -0.05) is 15.9 Å². The molecule has 0 spiro atoms. The summed E-state index contributed by atoms with van der Waals surface area (Å²) in [6, 6.07) is 6.37. The van der Waals surface area contributed by atoms with E-state index in [1.54, 1.807) is 19.1 Å². The molecule has 10 heteroatoms. The molecule has 0 aliphatic heterocycles. The first-order valence-corrected chi connectivity index (χ1v) is 9.49. The maximum absolute atomic E-state index is 12.4. The number of halogens is 1. The highest BCUT2D eigenvalue weighted by atomic mass is 79.9. The summed E-state index contributed by atoms with van der Waals surface area (Å²) in [4.78, 5) is 24.3. The number of hydrogen-bond acceptors (Lipinski definition) is 7. The Hall–Kier alpha value is -3.27. The zero-order valence-corrected chi connectivity index (χ0v) is 18.5. The lowest BCUT2D eigenvalue weighted by molar-refractivity contribution is -0.120. The van der Waals surface area contributed by atoms with Crippen molar-refractivity contribution in [2.45, 2.75) is 6.92 Å². The molecule has 0 radical (unpaired) electrons. The first-order valence-electron chi connectivity index (χ1n) is 8.69. The number of aromatic hydroxyl groups is 1. The average Bonchev–Trinajstić information content (AvgIpc) is 2.73. The van der Waals surface area contributed by atoms with Gasteiger partial charge in [-0.25, -0.2) is 5.43 Å². The predicted octanol–water partition coefficient (Wildman–Crippen LogP) is 2.37. The molecule has 0 atom stereocenters. The van der Waals surface area contributed by atoms with Gasteiger partial charge in [-0.2, -0.15) is 5.10 Å². The second-order valence-electron chi connectivity index (χ2n) is 6.05. The van der Waals surface area contributed by atoms with Gasteiger partial charge in [-0.15, -0.1) is 0 Å². The minimum atomic E-state index is -0.543. The van der Waals surface area contributed by atoms with Gasteiger partial charge in [-0.05, 0) is 36.8 Å². The normalized spacial score (nSPS) is 10.6. The van der Waals surface area contributed by atoms with E-state index in [0.717, 1.165) is 4.47 Å². The summed E-state index contributed by atoms with van der Waals surface area (Å²) in [7, 11) is 4.34. The van der Waals surface area contributed by atoms with E-state index in [2.05, 4.69) is 31.8 Å². The standard InChI is InChI=1S/C20H22BrN3O6/c1-11-5-14(21)6-13(18(11)26)9-23-24-17(25)10-22-20(27)12-7-15(28-2)19(30-4)16(8-12)29-3/h5-9,26H,10H2,1-4H3,(H,22,27)(H,24,25)/b23-9+. The lowest BCUT2D eigenvalue weighted by Crippen LogP contribution is -2.35. The SMILES string of the molecule is COc1cc(C(=O)NCC(=O)N/N=C/c2cc(Br)cc(C)c2O)cc(OC)c1OC. The second kappa shape index (κ2) is 10.5. The Bertz CT molecular complexity index is 952. The van der Waals surface area contributed by atoms with Crippen molar-refractivity contribution in [3.63, 3.8) is 0 Å². The molecule has 0 heterocycles. The quantitative estimate of drug-likeness (QED) is 0.395. The van der Waals surface area contributed by atoms with E-state index in [4.69, 9.17) is 14.2 Å². The molecular formula is C20H22BrN3O6. The van der Waals surface area contributed by atoms with Crippen molar-refractivity contribution in [1.29, 1.82) is 0 Å². The van der Waals surface area contributed by atoms with Crippen LogP contribution in [0.5, 0.6) is 23.0 Å². The fraction of sp³-hybridized carbons (Fsp3) is 0.250. The van der Waals surface area contributed by atoms with Gasteiger partial charge in [0.25, 0.3) is 11.8 Å². The molecule has 0 aliphatic rings. The van der Waals surface area contributed by atoms with Gasteiger partial charge in [0, 0.05) is 15.6 Å². The maximum atomic E-state index is 12.4. The molecule has 30 heavy (non-hydrogen) atoms. The maximum Gasteiger partial charge on any atom is 0.259 e. The highest BCUT2D eigenvalue weighted by Crippen LogP contribution is 2.38. The first kappa shape index (κ1) is 23.0. The van der Waals surface area contributed by atoms with Crippen molar-refractivity contribution < 1.29 is 28.9 Å². The number of hydrogen-bond donors (Lipinski definition) is 3. The summed E-state index contributed by atoms with van der Waals surface area (Å²) in [5, 5.41) is 16.3. The smallest absolute Gasteiger partial charge is 0.259 e. The molecule has 9 nitrogen and oxygen atoms in total. The van der Waals surface area contributed by atoms with Crippen LogP contribution in [0, 0.1) is 6.92 Å². The van der Waals surface area contributed by atoms with Crippen LogP contribution in [-0.4, -0.2) is 51.0 Å². The zero-order chi connectivity index (χ0) is 22.3. The van der Waals surface area contributed by atoms with E-state index in [-0.39, 0.29) is 17.9 Å². The number of ether oxygens (including phenoxy) is 3. The minimum absolute atomic E-state index is 0.0619. The number of phenolic OH excluding ortho intramolecular Hbond substituents is 1. The van der Waals surface area contributed by atoms with Gasteiger partial charge in [0.15, 0.2) is 11.5 Å². The Balaban J connectivity index is 1.99. The molecule has 2 rings (SSSR count). The number of hydrazone groups is 1. The van der Waals surface area contributed by atoms with Crippen LogP contribution in [0.15, 0.2) is 33.8 Å². The van der Waals surface area contributed by atoms with Crippen LogP contribution >= 0.6 is 15.9 Å². The number of aryl methyl sites for hydroxylation is 1. The van der Waals surface area contributed by atoms with Crippen LogP contribution in [0.2, 0.25) is 0 Å². The molecule has 2 aromatic rings. The van der Waals surface area contributed by atoms with Gasteiger partial charge in [0.1, 0.15) is 5.75 Å². The monoisotopic (exact) mass is 479 g/mol. The van der Waals surface area contributed by atoms with Gasteiger partial charge in [0.2, 0.25) is 5.75 Å². The highest BCUT2D eigenvalue weighted by molar-refractivity contribution is 9.10. The van der Waals surface area contributed by atoms with Crippen LogP contribution in [0.3, 0.4) is 0 Å². The molecule has 3 N–H and O–H groups in total. The van der Waals surface area contributed by atoms with Gasteiger partial charge in [-0.3, -0.25) is 9.59 Å². The summed E-state index contributed by atoms with van der Waals surface area (Å²) >= 11 is 3.33. The number of nitrogens with zero attached hydrogens (tertiary/aromatic N) is 1. The van der Waals surface area contributed by atoms with Crippen molar-refractivity contribution in [1.82, 2.24) is 10.7 Å². The number of carbonyl (C=O) groups is 2. The lowest BCUT2D eigenvalue weighted by Gasteiger charge is -2.14. The second-order valence-corrected chi connectivity index (χ2v) is 6.97. The number of nitrogens with one attached hydrogen (secondary N) is 2. The summed E-state index contributed by atoms with van der Waals surface area (Å²) < 4.78 is 16.4. The predicted molar refractivity (Wildman–Crippen MR) is 115 cm³/mol. The van der Waals surface area contributed by atoms with Crippen LogP contribution in [-0.2, 0) is 4.79 Å². The van der Waals surface area contributed by atoms with E-state index in [9.17, 15) is 14.7 Å². The molecule has 0 unspecified atom stereocenters. The van der Waals surface area contributed by atoms with Crippen LogP contribution < -0.4 is 25.0 Å². The topological polar surface area (TPSA) is 118 Å². The molecule has 0 bridgehead atoms. The van der Waals surface area contributed by atoms with E-state index >= 15 is 0 Å². The molecule has 0 aliphatic carbocycles. The van der Waals surface area contributed by atoms with Crippen molar-refractivity contribution in [2.75, 3.05) is 27.9 Å². The van der Waals surface area contributed by atoms with Crippen LogP contribution in [0.1, 0.15) is 21.5 Å². The van der Waals surface area contributed by atoms with E-state index < -0.39 is 11.8 Å². The summed E-state index contributed by atoms with van der Waals surface area (Å²) in [6.45, 7) is 1.44. The molecule has 2 aromatic carbocycles. The molecule has 0 saturated heterocycles. The number of carbonyl (C=O) groups excluding carboxylic acids is 2. The van der Waals surface area contributed by atoms with Crippen molar-refractivity contribution in [3.8, 4) is 23.0 Å². The van der Waals surface area contributed by atoms with Gasteiger partial charge >= 0.3 is 0 Å². The number of methoxy groups -OCH3 is 3. The third kappa shape index (κ3) is 5.63. The van der Waals surface area contributed by atoms with Gasteiger partial charge in [0.05, 0.1) is 34.1 Å². The van der Waals surface area contributed by atoms with E-state index in [0.29, 0.717) is 28.4 Å². The van der Waals surface area contributed by atoms with Gasteiger partial charge < -0.3 is 24.6 Å². The Morgan fingerprint density at radius 3 is 2.30 bits per heavy atom. The van der Waals surface area contributed by atoms with Crippen molar-refractivity contribution in [3.05, 3.63) is 45.4 Å². The number of rotatable bonds is 8. The van der Waals surface area contributed by atoms with Crippen LogP contribution in [0.25, 0.3) is 0 Å². The molecular weight excluding hydrogens is 458 g/mol. The number of phenols is 1. The zero-order valence-electron chi connectivity index (χ0n) is 16.9. The van der Waals surface area contributed by atoms with Crippen molar-refractivity contribution >= 4 is 34.0 Å². The Kier molecular flexibility index (Phi) is 8.05. The summed E-state index contributed by atoms with van der Waals surface area (Å²) in [5.41, 5.74) is 3.61. The highest BCUT2D eigenvalue weighted by Gasteiger charge is 2.17. The van der Waals surface area contributed by atoms with E-state index in [1.807, 2.05) is 0 Å². The molecule has 160 valence electrons. The van der Waals surface area contributed by atoms with E-state index in [1.165, 1.54) is 39.7 Å². The molecule has 0 fully saturated rings. The first-order chi connectivity index (χ1) is 14.3. The summed E-state index contributed by atoms with van der Waals surface area (Å²) in [6.07, 6.45) is 1.31. The largest absolute Gasteiger partial charge is 0.507 e. The third-order valence-corrected chi connectivity index (χ3v) is 4.48. The molecule has 0 saturated carbocycles. The Labute approximate surface area is 182 Å². The summed E-state index contributed by atoms with van der Waals surface area (Å²) in [5.74, 6) is 0.00816. The molecule has 0 aromatic heterocycles. The Morgan fingerprint density at radius 1 is 1.10 bits per heavy atom. The number of benzene rings is 2. The lowest BCUT2D eigenvalue weighted by atomic mass is 10.1. The third-order valence-electron chi connectivity index (χ3n) is 4.02. The minimum Gasteiger partial charge on any atom is -0.507 e. The van der Waals surface area contributed by atoms with Crippen LogP contribution in [0.4, 0.5) is 0 Å². The number of amides is 2. The van der Waals surface area contributed by atoms with Crippen molar-refractivity contribution in [2.24, 2.45) is 5.10 Å². The molecule has 2 amide bonds. The fourth-order valence-corrected chi connectivity index (χ4v) is 3.14.